The number of nitrogens with one attached hydrogen (secondary N) is 1. The minimum atomic E-state index is 0.146. The van der Waals surface area contributed by atoms with Gasteiger partial charge >= 0.3 is 0 Å². The van der Waals surface area contributed by atoms with Crippen molar-refractivity contribution >= 4 is 15.9 Å². The van der Waals surface area contributed by atoms with Crippen molar-refractivity contribution in [1.29, 1.82) is 0 Å². The van der Waals surface area contributed by atoms with Crippen LogP contribution in [0.3, 0.4) is 0 Å². The highest BCUT2D eigenvalue weighted by molar-refractivity contribution is 9.10. The molecule has 0 bridgehead atoms. The Morgan fingerprint density at radius 3 is 2.45 bits per heavy atom. The lowest BCUT2D eigenvalue weighted by atomic mass is 9.86. The van der Waals surface area contributed by atoms with Crippen LogP contribution in [0.2, 0.25) is 0 Å². The van der Waals surface area contributed by atoms with Crippen LogP contribution in [0.4, 0.5) is 0 Å². The summed E-state index contributed by atoms with van der Waals surface area (Å²) in [6.07, 6.45) is 0. The van der Waals surface area contributed by atoms with E-state index in [-0.39, 0.29) is 5.41 Å². The SMILES string of the molecule is COc1c(Br)cc(C(C)(C)C)cc1CN1CCNCC1. The van der Waals surface area contributed by atoms with E-state index in [1.54, 1.807) is 7.11 Å². The molecule has 0 amide bonds. The molecule has 1 fully saturated rings. The molecule has 0 radical (unpaired) electrons. The van der Waals surface area contributed by atoms with Crippen LogP contribution in [-0.2, 0) is 12.0 Å². The zero-order valence-corrected chi connectivity index (χ0v) is 14.5. The van der Waals surface area contributed by atoms with Gasteiger partial charge in [0.1, 0.15) is 5.75 Å². The first-order valence-corrected chi connectivity index (χ1v) is 8.01. The maximum atomic E-state index is 5.60. The Balaban J connectivity index is 2.30. The Morgan fingerprint density at radius 1 is 1.25 bits per heavy atom. The number of hydrogen-bond donors (Lipinski definition) is 1. The normalized spacial score (nSPS) is 17.2. The van der Waals surface area contributed by atoms with E-state index in [4.69, 9.17) is 4.74 Å². The standard InChI is InChI=1S/C16H25BrN2O/c1-16(2,3)13-9-12(15(20-4)14(17)10-13)11-19-7-5-18-6-8-19/h9-10,18H,5-8,11H2,1-4H3. The van der Waals surface area contributed by atoms with Crippen molar-refractivity contribution in [2.45, 2.75) is 32.7 Å². The molecule has 1 aliphatic rings. The van der Waals surface area contributed by atoms with Crippen molar-refractivity contribution in [1.82, 2.24) is 10.2 Å². The second kappa shape index (κ2) is 6.46. The van der Waals surface area contributed by atoms with Gasteiger partial charge in [-0.15, -0.1) is 0 Å². The maximum Gasteiger partial charge on any atom is 0.137 e. The fraction of sp³-hybridized carbons (Fsp3) is 0.625. The Hall–Kier alpha value is -0.580. The summed E-state index contributed by atoms with van der Waals surface area (Å²) in [5, 5.41) is 3.39. The van der Waals surface area contributed by atoms with Crippen LogP contribution in [0.1, 0.15) is 31.9 Å². The van der Waals surface area contributed by atoms with Gasteiger partial charge in [0.25, 0.3) is 0 Å². The van der Waals surface area contributed by atoms with Crippen LogP contribution >= 0.6 is 15.9 Å². The van der Waals surface area contributed by atoms with Crippen molar-refractivity contribution in [3.05, 3.63) is 27.7 Å². The molecular formula is C16H25BrN2O. The number of rotatable bonds is 3. The van der Waals surface area contributed by atoms with Gasteiger partial charge in [-0.05, 0) is 33.0 Å². The summed E-state index contributed by atoms with van der Waals surface area (Å²) in [4.78, 5) is 2.48. The number of piperazine rings is 1. The quantitative estimate of drug-likeness (QED) is 0.914. The van der Waals surface area contributed by atoms with Crippen LogP contribution in [-0.4, -0.2) is 38.2 Å². The molecule has 0 unspecified atom stereocenters. The van der Waals surface area contributed by atoms with Gasteiger partial charge in [-0.3, -0.25) is 4.90 Å². The molecule has 4 heteroatoms. The van der Waals surface area contributed by atoms with Gasteiger partial charge in [-0.1, -0.05) is 26.8 Å². The van der Waals surface area contributed by atoms with E-state index in [1.807, 2.05) is 0 Å². The molecule has 1 aliphatic heterocycles. The molecule has 3 nitrogen and oxygen atoms in total. The first-order chi connectivity index (χ1) is 9.41. The lowest BCUT2D eigenvalue weighted by Crippen LogP contribution is -2.43. The Labute approximate surface area is 130 Å². The molecule has 0 aliphatic carbocycles. The molecule has 112 valence electrons. The summed E-state index contributed by atoms with van der Waals surface area (Å²) < 4.78 is 6.65. The van der Waals surface area contributed by atoms with Gasteiger partial charge in [-0.2, -0.15) is 0 Å². The van der Waals surface area contributed by atoms with E-state index < -0.39 is 0 Å². The molecular weight excluding hydrogens is 316 g/mol. The molecule has 0 saturated carbocycles. The van der Waals surface area contributed by atoms with Gasteiger partial charge < -0.3 is 10.1 Å². The zero-order valence-electron chi connectivity index (χ0n) is 12.9. The summed E-state index contributed by atoms with van der Waals surface area (Å²) in [7, 11) is 1.75. The molecule has 0 spiro atoms. The summed E-state index contributed by atoms with van der Waals surface area (Å²) in [6.45, 7) is 12.0. The van der Waals surface area contributed by atoms with Crippen LogP contribution in [0, 0.1) is 0 Å². The largest absolute Gasteiger partial charge is 0.495 e. The first-order valence-electron chi connectivity index (χ1n) is 7.22. The number of methoxy groups -OCH3 is 1. The van der Waals surface area contributed by atoms with E-state index >= 15 is 0 Å². The highest BCUT2D eigenvalue weighted by Crippen LogP contribution is 2.35. The third-order valence-electron chi connectivity index (χ3n) is 3.79. The first kappa shape index (κ1) is 15.8. The number of halogens is 1. The Bertz CT molecular complexity index is 462. The summed E-state index contributed by atoms with van der Waals surface area (Å²) in [5.41, 5.74) is 2.76. The lowest BCUT2D eigenvalue weighted by molar-refractivity contribution is 0.230. The van der Waals surface area contributed by atoms with Gasteiger partial charge in [-0.25, -0.2) is 0 Å². The van der Waals surface area contributed by atoms with Crippen LogP contribution in [0.15, 0.2) is 16.6 Å². The molecule has 0 atom stereocenters. The average Bonchev–Trinajstić information content (AvgIpc) is 2.38. The second-order valence-corrected chi connectivity index (χ2v) is 7.28. The second-order valence-electron chi connectivity index (χ2n) is 6.43. The minimum Gasteiger partial charge on any atom is -0.495 e. The van der Waals surface area contributed by atoms with Crippen molar-refractivity contribution in [3.8, 4) is 5.75 Å². The predicted octanol–water partition coefficient (Wildman–Crippen LogP) is 3.16. The number of benzene rings is 1. The van der Waals surface area contributed by atoms with Gasteiger partial charge in [0.15, 0.2) is 0 Å². The number of ether oxygens (including phenoxy) is 1. The Kier molecular flexibility index (Phi) is 5.10. The van der Waals surface area contributed by atoms with Gasteiger partial charge in [0, 0.05) is 38.3 Å². The molecule has 1 N–H and O–H groups in total. The monoisotopic (exact) mass is 340 g/mol. The fourth-order valence-corrected chi connectivity index (χ4v) is 3.20. The van der Waals surface area contributed by atoms with E-state index in [1.165, 1.54) is 11.1 Å². The van der Waals surface area contributed by atoms with Crippen molar-refractivity contribution in [2.75, 3.05) is 33.3 Å². The molecule has 2 rings (SSSR count). The highest BCUT2D eigenvalue weighted by Gasteiger charge is 2.20. The molecule has 1 saturated heterocycles. The Morgan fingerprint density at radius 2 is 1.90 bits per heavy atom. The van der Waals surface area contributed by atoms with E-state index in [0.29, 0.717) is 0 Å². The number of hydrogen-bond acceptors (Lipinski definition) is 3. The highest BCUT2D eigenvalue weighted by atomic mass is 79.9. The van der Waals surface area contributed by atoms with Gasteiger partial charge in [0.2, 0.25) is 0 Å². The average molecular weight is 341 g/mol. The minimum absolute atomic E-state index is 0.146. The topological polar surface area (TPSA) is 24.5 Å². The van der Waals surface area contributed by atoms with Crippen LogP contribution in [0.5, 0.6) is 5.75 Å². The fourth-order valence-electron chi connectivity index (χ4n) is 2.54. The van der Waals surface area contributed by atoms with Crippen LogP contribution in [0.25, 0.3) is 0 Å². The summed E-state index contributed by atoms with van der Waals surface area (Å²) >= 11 is 3.66. The molecule has 1 aromatic carbocycles. The van der Waals surface area contributed by atoms with E-state index in [0.717, 1.165) is 42.9 Å². The summed E-state index contributed by atoms with van der Waals surface area (Å²) in [5.74, 6) is 0.969. The zero-order chi connectivity index (χ0) is 14.8. The van der Waals surface area contributed by atoms with Crippen molar-refractivity contribution < 1.29 is 4.74 Å². The summed E-state index contributed by atoms with van der Waals surface area (Å²) in [6, 6.07) is 4.48. The van der Waals surface area contributed by atoms with Crippen molar-refractivity contribution in [3.63, 3.8) is 0 Å². The third kappa shape index (κ3) is 3.74. The molecule has 0 aromatic heterocycles. The van der Waals surface area contributed by atoms with E-state index in [9.17, 15) is 0 Å². The van der Waals surface area contributed by atoms with E-state index in [2.05, 4.69) is 59.1 Å². The van der Waals surface area contributed by atoms with Gasteiger partial charge in [0.05, 0.1) is 11.6 Å². The van der Waals surface area contributed by atoms with Crippen molar-refractivity contribution in [2.24, 2.45) is 0 Å². The molecule has 1 heterocycles. The smallest absolute Gasteiger partial charge is 0.137 e. The van der Waals surface area contributed by atoms with Crippen LogP contribution < -0.4 is 10.1 Å². The maximum absolute atomic E-state index is 5.60. The lowest BCUT2D eigenvalue weighted by Gasteiger charge is -2.29. The molecule has 20 heavy (non-hydrogen) atoms. The predicted molar refractivity (Wildman–Crippen MR) is 87.5 cm³/mol. The third-order valence-corrected chi connectivity index (χ3v) is 4.38. The molecule has 1 aromatic rings. The number of nitrogens with zero attached hydrogens (tertiary/aromatic N) is 1.